The summed E-state index contributed by atoms with van der Waals surface area (Å²) in [5.74, 6) is -1.19. The summed E-state index contributed by atoms with van der Waals surface area (Å²) in [6.07, 6.45) is 5.83. The lowest BCUT2D eigenvalue weighted by Gasteiger charge is -2.15. The summed E-state index contributed by atoms with van der Waals surface area (Å²) in [5.41, 5.74) is 1.52. The van der Waals surface area contributed by atoms with Crippen molar-refractivity contribution in [1.82, 2.24) is 15.1 Å². The molecule has 2 aromatic heterocycles. The predicted octanol–water partition coefficient (Wildman–Crippen LogP) is 1.84. The van der Waals surface area contributed by atoms with Gasteiger partial charge in [0.2, 0.25) is 0 Å². The first kappa shape index (κ1) is 14.0. The maximum atomic E-state index is 12.3. The summed E-state index contributed by atoms with van der Waals surface area (Å²) in [6, 6.07) is 1.73. The third kappa shape index (κ3) is 3.33. The molecule has 2 heterocycles. The summed E-state index contributed by atoms with van der Waals surface area (Å²) in [5, 5.41) is 16.9. The van der Waals surface area contributed by atoms with Gasteiger partial charge in [-0.05, 0) is 23.1 Å². The first-order valence-corrected chi connectivity index (χ1v) is 6.67. The Kier molecular flexibility index (Phi) is 4.31. The number of carbonyl (C=O) groups excluding carboxylic acids is 1. The van der Waals surface area contributed by atoms with Gasteiger partial charge in [0.1, 0.15) is 0 Å². The summed E-state index contributed by atoms with van der Waals surface area (Å²) < 4.78 is 0. The fourth-order valence-corrected chi connectivity index (χ4v) is 2.55. The molecule has 0 aliphatic carbocycles. The van der Waals surface area contributed by atoms with Crippen LogP contribution >= 0.6 is 11.3 Å². The fourth-order valence-electron chi connectivity index (χ4n) is 1.67. The van der Waals surface area contributed by atoms with E-state index in [0.29, 0.717) is 17.0 Å². The molecule has 0 aromatic carbocycles. The summed E-state index contributed by atoms with van der Waals surface area (Å²) in [6.45, 7) is 0.440. The Hall–Kier alpha value is -2.41. The fraction of sp³-hybridized carbons (Fsp3) is 0.154. The van der Waals surface area contributed by atoms with Gasteiger partial charge in [0, 0.05) is 31.4 Å². The van der Waals surface area contributed by atoms with E-state index in [1.165, 1.54) is 17.4 Å². The number of H-pyrrole nitrogens is 1. The van der Waals surface area contributed by atoms with E-state index in [2.05, 4.69) is 10.2 Å². The zero-order valence-electron chi connectivity index (χ0n) is 10.7. The van der Waals surface area contributed by atoms with Crippen LogP contribution in [0.2, 0.25) is 0 Å². The molecule has 0 fully saturated rings. The van der Waals surface area contributed by atoms with Crippen LogP contribution in [0.4, 0.5) is 0 Å². The van der Waals surface area contributed by atoms with Crippen molar-refractivity contribution in [3.8, 4) is 0 Å². The molecule has 0 aliphatic rings. The zero-order valence-corrected chi connectivity index (χ0v) is 11.6. The maximum Gasteiger partial charge on any atom is 0.328 e. The number of aromatic amines is 1. The number of carbonyl (C=O) groups is 2. The molecular weight excluding hydrogens is 278 g/mol. The van der Waals surface area contributed by atoms with Gasteiger partial charge in [0.25, 0.3) is 5.91 Å². The molecule has 2 aromatic rings. The normalized spacial score (nSPS) is 10.8. The van der Waals surface area contributed by atoms with Crippen molar-refractivity contribution in [2.75, 3.05) is 7.05 Å². The molecule has 0 spiro atoms. The average molecular weight is 291 g/mol. The van der Waals surface area contributed by atoms with Crippen LogP contribution in [0.15, 0.2) is 29.9 Å². The van der Waals surface area contributed by atoms with Crippen molar-refractivity contribution in [3.05, 3.63) is 45.9 Å². The monoisotopic (exact) mass is 291 g/mol. The minimum atomic E-state index is -1.04. The van der Waals surface area contributed by atoms with Gasteiger partial charge in [0.05, 0.1) is 11.1 Å². The highest BCUT2D eigenvalue weighted by molar-refractivity contribution is 7.12. The van der Waals surface area contributed by atoms with Crippen molar-refractivity contribution in [2.24, 2.45) is 0 Å². The topological polar surface area (TPSA) is 86.3 Å². The predicted molar refractivity (Wildman–Crippen MR) is 75.4 cm³/mol. The first-order valence-electron chi connectivity index (χ1n) is 5.79. The zero-order chi connectivity index (χ0) is 14.5. The second-order valence-corrected chi connectivity index (χ2v) is 5.06. The van der Waals surface area contributed by atoms with Crippen molar-refractivity contribution in [3.63, 3.8) is 0 Å². The van der Waals surface area contributed by atoms with E-state index < -0.39 is 5.97 Å². The number of amides is 1. The van der Waals surface area contributed by atoms with Crippen molar-refractivity contribution in [1.29, 1.82) is 0 Å². The lowest BCUT2D eigenvalue weighted by Crippen LogP contribution is -2.25. The molecule has 104 valence electrons. The Labute approximate surface area is 119 Å². The number of nitrogens with zero attached hydrogens (tertiary/aromatic N) is 2. The SMILES string of the molecule is CN(Cc1cn[nH]c1)C(=O)c1sccc1C=CC(=O)O. The molecule has 0 atom stereocenters. The van der Waals surface area contributed by atoms with Gasteiger partial charge in [-0.1, -0.05) is 0 Å². The largest absolute Gasteiger partial charge is 0.478 e. The number of rotatable bonds is 5. The van der Waals surface area contributed by atoms with Gasteiger partial charge < -0.3 is 10.0 Å². The molecule has 6 nitrogen and oxygen atoms in total. The maximum absolute atomic E-state index is 12.3. The molecule has 0 aliphatic heterocycles. The van der Waals surface area contributed by atoms with E-state index >= 15 is 0 Å². The molecule has 20 heavy (non-hydrogen) atoms. The van der Waals surface area contributed by atoms with Crippen LogP contribution in [0.1, 0.15) is 20.8 Å². The molecular formula is C13H13N3O3S. The van der Waals surface area contributed by atoms with Gasteiger partial charge >= 0.3 is 5.97 Å². The number of carboxylic acids is 1. The number of nitrogens with one attached hydrogen (secondary N) is 1. The van der Waals surface area contributed by atoms with Gasteiger partial charge in [-0.15, -0.1) is 11.3 Å². The highest BCUT2D eigenvalue weighted by Gasteiger charge is 2.16. The molecule has 0 unspecified atom stereocenters. The quantitative estimate of drug-likeness (QED) is 0.823. The summed E-state index contributed by atoms with van der Waals surface area (Å²) in [4.78, 5) is 24.9. The lowest BCUT2D eigenvalue weighted by atomic mass is 10.2. The van der Waals surface area contributed by atoms with Crippen LogP contribution in [0.25, 0.3) is 6.08 Å². The van der Waals surface area contributed by atoms with E-state index in [4.69, 9.17) is 5.11 Å². The van der Waals surface area contributed by atoms with E-state index in [-0.39, 0.29) is 5.91 Å². The molecule has 7 heteroatoms. The molecule has 0 saturated heterocycles. The van der Waals surface area contributed by atoms with Gasteiger partial charge in [-0.2, -0.15) is 5.10 Å². The third-order valence-electron chi connectivity index (χ3n) is 2.62. The van der Waals surface area contributed by atoms with E-state index in [1.807, 2.05) is 0 Å². The summed E-state index contributed by atoms with van der Waals surface area (Å²) >= 11 is 1.29. The second kappa shape index (κ2) is 6.16. The molecule has 0 bridgehead atoms. The highest BCUT2D eigenvalue weighted by atomic mass is 32.1. The molecule has 0 radical (unpaired) electrons. The van der Waals surface area contributed by atoms with E-state index in [0.717, 1.165) is 11.6 Å². The van der Waals surface area contributed by atoms with Gasteiger partial charge in [-0.3, -0.25) is 9.89 Å². The second-order valence-electron chi connectivity index (χ2n) is 4.14. The number of aromatic nitrogens is 2. The number of hydrogen-bond donors (Lipinski definition) is 2. The van der Waals surface area contributed by atoms with Crippen LogP contribution in [0.5, 0.6) is 0 Å². The minimum absolute atomic E-state index is 0.147. The Morgan fingerprint density at radius 2 is 2.35 bits per heavy atom. The third-order valence-corrected chi connectivity index (χ3v) is 3.53. The lowest BCUT2D eigenvalue weighted by molar-refractivity contribution is -0.131. The molecule has 2 N–H and O–H groups in total. The van der Waals surface area contributed by atoms with Crippen LogP contribution in [0.3, 0.4) is 0 Å². The standard InChI is InChI=1S/C13H13N3O3S/c1-16(8-9-6-14-15-7-9)13(19)12-10(4-5-20-12)2-3-11(17)18/h2-7H,8H2,1H3,(H,14,15)(H,17,18). The van der Waals surface area contributed by atoms with E-state index in [1.54, 1.807) is 35.8 Å². The van der Waals surface area contributed by atoms with E-state index in [9.17, 15) is 9.59 Å². The van der Waals surface area contributed by atoms with Crippen molar-refractivity contribution >= 4 is 29.3 Å². The van der Waals surface area contributed by atoms with Crippen LogP contribution < -0.4 is 0 Å². The smallest absolute Gasteiger partial charge is 0.328 e. The van der Waals surface area contributed by atoms with Gasteiger partial charge in [0.15, 0.2) is 0 Å². The number of thiophene rings is 1. The van der Waals surface area contributed by atoms with Crippen LogP contribution in [0, 0.1) is 0 Å². The Morgan fingerprint density at radius 1 is 1.55 bits per heavy atom. The van der Waals surface area contributed by atoms with Crippen molar-refractivity contribution < 1.29 is 14.7 Å². The Bertz CT molecular complexity index is 631. The first-order chi connectivity index (χ1) is 9.58. The number of hydrogen-bond acceptors (Lipinski definition) is 4. The average Bonchev–Trinajstić information content (AvgIpc) is 3.06. The molecule has 0 saturated carbocycles. The summed E-state index contributed by atoms with van der Waals surface area (Å²) in [7, 11) is 1.69. The van der Waals surface area contributed by atoms with Crippen LogP contribution in [-0.2, 0) is 11.3 Å². The Morgan fingerprint density at radius 3 is 3.00 bits per heavy atom. The van der Waals surface area contributed by atoms with Crippen molar-refractivity contribution in [2.45, 2.75) is 6.54 Å². The molecule has 2 rings (SSSR count). The van der Waals surface area contributed by atoms with Crippen LogP contribution in [-0.4, -0.2) is 39.1 Å². The number of aliphatic carboxylic acids is 1. The number of carboxylic acid groups (broad SMARTS) is 1. The Balaban J connectivity index is 2.13. The van der Waals surface area contributed by atoms with Gasteiger partial charge in [-0.25, -0.2) is 4.79 Å². The molecule has 1 amide bonds. The highest BCUT2D eigenvalue weighted by Crippen LogP contribution is 2.20. The minimum Gasteiger partial charge on any atom is -0.478 e.